The number of hydrogen-bond donors (Lipinski definition) is 3. The second kappa shape index (κ2) is 11.7. The van der Waals surface area contributed by atoms with Crippen molar-refractivity contribution in [1.29, 1.82) is 0 Å². The zero-order valence-corrected chi connectivity index (χ0v) is 22.9. The summed E-state index contributed by atoms with van der Waals surface area (Å²) < 4.78 is 20.7. The molecule has 0 bridgehead atoms. The van der Waals surface area contributed by atoms with Crippen LogP contribution in [-0.4, -0.2) is 46.2 Å². The lowest BCUT2D eigenvalue weighted by Gasteiger charge is -2.29. The van der Waals surface area contributed by atoms with Gasteiger partial charge in [-0.15, -0.1) is 0 Å². The predicted molar refractivity (Wildman–Crippen MR) is 158 cm³/mol. The summed E-state index contributed by atoms with van der Waals surface area (Å²) in [7, 11) is 0. The Morgan fingerprint density at radius 1 is 0.976 bits per heavy atom. The van der Waals surface area contributed by atoms with E-state index in [0.717, 1.165) is 68.1 Å². The molecule has 9 heteroatoms. The van der Waals surface area contributed by atoms with Gasteiger partial charge < -0.3 is 25.4 Å². The number of carbonyl (C=O) groups excluding carboxylic acids is 1. The average Bonchev–Trinajstić information content (AvgIpc) is 3.47. The largest absolute Gasteiger partial charge is 0.438 e. The van der Waals surface area contributed by atoms with E-state index in [4.69, 9.17) is 4.74 Å². The van der Waals surface area contributed by atoms with Gasteiger partial charge in [0.15, 0.2) is 0 Å². The van der Waals surface area contributed by atoms with E-state index >= 15 is 0 Å². The molecule has 3 N–H and O–H groups in total. The Labute approximate surface area is 238 Å². The molecule has 2 heterocycles. The van der Waals surface area contributed by atoms with Crippen LogP contribution in [0.15, 0.2) is 66.9 Å². The van der Waals surface area contributed by atoms with Crippen molar-refractivity contribution in [2.24, 2.45) is 0 Å². The van der Waals surface area contributed by atoms with Crippen LogP contribution in [0.25, 0.3) is 10.8 Å². The van der Waals surface area contributed by atoms with Crippen molar-refractivity contribution >= 4 is 34.0 Å². The number of nitrogens with one attached hydrogen (secondary N) is 2. The van der Waals surface area contributed by atoms with E-state index in [0.29, 0.717) is 23.3 Å². The standard InChI is InChI=1S/C32H34FN5O3/c33-23-18-22(19-24(20-23)38-16-6-1-7-17-38)30(40)35-27-10-11-28(26-9-3-2-8-25(26)27)41-29-12-15-34-31(36-29)37-32(21-39)13-4-5-14-32/h2-3,8-12,15,18-20,39H,1,4-7,13-14,16-17,21H2,(H,35,40)(H,34,36,37). The van der Waals surface area contributed by atoms with Crippen molar-refractivity contribution in [3.8, 4) is 11.6 Å². The van der Waals surface area contributed by atoms with Crippen LogP contribution in [0.4, 0.5) is 21.7 Å². The molecule has 1 aliphatic heterocycles. The van der Waals surface area contributed by atoms with Crippen LogP contribution in [0.2, 0.25) is 0 Å². The first-order valence-corrected chi connectivity index (χ1v) is 14.3. The minimum atomic E-state index is -0.427. The Morgan fingerprint density at radius 2 is 1.76 bits per heavy atom. The van der Waals surface area contributed by atoms with Gasteiger partial charge in [0.1, 0.15) is 11.6 Å². The minimum Gasteiger partial charge on any atom is -0.438 e. The smallest absolute Gasteiger partial charge is 0.255 e. The molecule has 6 rings (SSSR count). The van der Waals surface area contributed by atoms with Crippen molar-refractivity contribution in [3.05, 3.63) is 78.2 Å². The lowest BCUT2D eigenvalue weighted by molar-refractivity contribution is 0.102. The summed E-state index contributed by atoms with van der Waals surface area (Å²) >= 11 is 0. The van der Waals surface area contributed by atoms with Crippen molar-refractivity contribution in [2.45, 2.75) is 50.5 Å². The maximum absolute atomic E-state index is 14.5. The summed E-state index contributed by atoms with van der Waals surface area (Å²) in [4.78, 5) is 24.3. The molecule has 0 atom stereocenters. The second-order valence-corrected chi connectivity index (χ2v) is 10.9. The maximum Gasteiger partial charge on any atom is 0.255 e. The topological polar surface area (TPSA) is 99.6 Å². The lowest BCUT2D eigenvalue weighted by atomic mass is 9.99. The minimum absolute atomic E-state index is 0.0223. The molecular formula is C32H34FN5O3. The molecule has 41 heavy (non-hydrogen) atoms. The van der Waals surface area contributed by atoms with Gasteiger partial charge in [-0.25, -0.2) is 9.37 Å². The lowest BCUT2D eigenvalue weighted by Crippen LogP contribution is -2.39. The summed E-state index contributed by atoms with van der Waals surface area (Å²) in [5.74, 6) is 0.534. The molecular weight excluding hydrogens is 521 g/mol. The number of rotatable bonds is 8. The number of amides is 1. The highest BCUT2D eigenvalue weighted by molar-refractivity contribution is 6.10. The third-order valence-electron chi connectivity index (χ3n) is 8.08. The summed E-state index contributed by atoms with van der Waals surface area (Å²) in [6, 6.07) is 17.4. The number of carbonyl (C=O) groups is 1. The molecule has 0 spiro atoms. The van der Waals surface area contributed by atoms with Gasteiger partial charge in [-0.1, -0.05) is 37.1 Å². The van der Waals surface area contributed by atoms with Gasteiger partial charge in [-0.2, -0.15) is 4.98 Å². The summed E-state index contributed by atoms with van der Waals surface area (Å²) in [6.07, 6.45) is 8.76. The first-order chi connectivity index (χ1) is 20.0. The maximum atomic E-state index is 14.5. The molecule has 1 aliphatic carbocycles. The Balaban J connectivity index is 1.23. The van der Waals surface area contributed by atoms with E-state index in [-0.39, 0.29) is 18.1 Å². The Morgan fingerprint density at radius 3 is 2.54 bits per heavy atom. The zero-order valence-electron chi connectivity index (χ0n) is 22.9. The highest BCUT2D eigenvalue weighted by Gasteiger charge is 2.33. The average molecular weight is 556 g/mol. The number of aliphatic hydroxyl groups excluding tert-OH is 1. The quantitative estimate of drug-likeness (QED) is 0.228. The molecule has 3 aromatic carbocycles. The highest BCUT2D eigenvalue weighted by Crippen LogP contribution is 2.36. The monoisotopic (exact) mass is 555 g/mol. The summed E-state index contributed by atoms with van der Waals surface area (Å²) in [5.41, 5.74) is 1.21. The number of halogens is 1. The molecule has 1 amide bonds. The number of aromatic nitrogens is 2. The van der Waals surface area contributed by atoms with E-state index in [1.807, 2.05) is 24.3 Å². The Kier molecular flexibility index (Phi) is 7.69. The van der Waals surface area contributed by atoms with Crippen LogP contribution in [0.3, 0.4) is 0 Å². The first-order valence-electron chi connectivity index (χ1n) is 14.3. The SMILES string of the molecule is O=C(Nc1ccc(Oc2ccnc(NC3(CO)CCCC3)n2)c2ccccc12)c1cc(F)cc(N2CCCCC2)c1. The highest BCUT2D eigenvalue weighted by atomic mass is 19.1. The van der Waals surface area contributed by atoms with Gasteiger partial charge in [-0.05, 0) is 62.4 Å². The number of hydrogen-bond acceptors (Lipinski definition) is 7. The van der Waals surface area contributed by atoms with Crippen LogP contribution >= 0.6 is 0 Å². The van der Waals surface area contributed by atoms with Crippen molar-refractivity contribution < 1.29 is 19.0 Å². The van der Waals surface area contributed by atoms with Crippen LogP contribution in [0.5, 0.6) is 11.6 Å². The van der Waals surface area contributed by atoms with Gasteiger partial charge >= 0.3 is 0 Å². The molecule has 0 radical (unpaired) electrons. The van der Waals surface area contributed by atoms with E-state index in [1.54, 1.807) is 30.5 Å². The fourth-order valence-corrected chi connectivity index (χ4v) is 5.89. The van der Waals surface area contributed by atoms with Crippen LogP contribution < -0.4 is 20.3 Å². The third kappa shape index (κ3) is 5.95. The number of benzene rings is 3. The molecule has 8 nitrogen and oxygen atoms in total. The normalized spacial score (nSPS) is 16.5. The predicted octanol–water partition coefficient (Wildman–Crippen LogP) is 6.52. The van der Waals surface area contributed by atoms with Gasteiger partial charge in [-0.3, -0.25) is 4.79 Å². The summed E-state index contributed by atoms with van der Waals surface area (Å²) in [5, 5.41) is 17.8. The Hall–Kier alpha value is -4.24. The molecule has 212 valence electrons. The number of aliphatic hydroxyl groups is 1. The van der Waals surface area contributed by atoms with Gasteiger partial charge in [0.25, 0.3) is 5.91 Å². The van der Waals surface area contributed by atoms with Gasteiger partial charge in [0, 0.05) is 53.1 Å². The number of ether oxygens (including phenoxy) is 1. The van der Waals surface area contributed by atoms with E-state index in [2.05, 4.69) is 25.5 Å². The fraction of sp³-hybridized carbons (Fsp3) is 0.344. The van der Waals surface area contributed by atoms with Crippen LogP contribution in [0.1, 0.15) is 55.3 Å². The van der Waals surface area contributed by atoms with Gasteiger partial charge in [0.05, 0.1) is 12.1 Å². The summed E-state index contributed by atoms with van der Waals surface area (Å²) in [6.45, 7) is 1.75. The molecule has 2 fully saturated rings. The third-order valence-corrected chi connectivity index (χ3v) is 8.08. The number of nitrogens with zero attached hydrogens (tertiary/aromatic N) is 3. The van der Waals surface area contributed by atoms with E-state index < -0.39 is 11.4 Å². The van der Waals surface area contributed by atoms with Crippen LogP contribution in [0, 0.1) is 5.82 Å². The molecule has 0 unspecified atom stereocenters. The molecule has 2 aliphatic rings. The number of piperidine rings is 1. The first kappa shape index (κ1) is 27.0. The van der Waals surface area contributed by atoms with E-state index in [9.17, 15) is 14.3 Å². The molecule has 1 aromatic heterocycles. The second-order valence-electron chi connectivity index (χ2n) is 10.9. The molecule has 1 saturated heterocycles. The van der Waals surface area contributed by atoms with Crippen LogP contribution in [-0.2, 0) is 0 Å². The van der Waals surface area contributed by atoms with E-state index in [1.165, 1.54) is 18.6 Å². The number of fused-ring (bicyclic) bond motifs is 1. The molecule has 1 saturated carbocycles. The van der Waals surface area contributed by atoms with Crippen molar-refractivity contribution in [2.75, 3.05) is 35.2 Å². The van der Waals surface area contributed by atoms with Crippen molar-refractivity contribution in [3.63, 3.8) is 0 Å². The fourth-order valence-electron chi connectivity index (χ4n) is 5.89. The Bertz CT molecular complexity index is 1550. The van der Waals surface area contributed by atoms with Gasteiger partial charge in [0.2, 0.25) is 11.8 Å². The van der Waals surface area contributed by atoms with Crippen molar-refractivity contribution in [1.82, 2.24) is 9.97 Å². The number of anilines is 3. The molecule has 4 aromatic rings. The zero-order chi connectivity index (χ0) is 28.2.